The minimum atomic E-state index is 0.104. The quantitative estimate of drug-likeness (QED) is 0.900. The summed E-state index contributed by atoms with van der Waals surface area (Å²) in [5.74, 6) is 0. The minimum absolute atomic E-state index is 0.104. The number of hydrogen-bond acceptors (Lipinski definition) is 6. The van der Waals surface area contributed by atoms with Crippen molar-refractivity contribution in [3.8, 4) is 6.01 Å². The fraction of sp³-hybridized carbons (Fsp3) is 0.250. The average Bonchev–Trinajstić information content (AvgIpc) is 2.70. The summed E-state index contributed by atoms with van der Waals surface area (Å²) >= 11 is 6.99. The zero-order valence-electron chi connectivity index (χ0n) is 8.35. The molecule has 0 aliphatic carbocycles. The van der Waals surface area contributed by atoms with Crippen LogP contribution in [0, 0.1) is 0 Å². The first-order chi connectivity index (χ1) is 7.78. The Morgan fingerprint density at radius 1 is 1.44 bits per heavy atom. The molecule has 1 N–H and O–H groups in total. The normalized spacial score (nSPS) is 10.4. The highest BCUT2D eigenvalue weighted by molar-refractivity contribution is 7.99. The van der Waals surface area contributed by atoms with Gasteiger partial charge in [-0.2, -0.15) is 15.0 Å². The molecular weight excluding hydrogens is 250 g/mol. The molecule has 0 aliphatic rings. The Hall–Kier alpha value is -1.34. The van der Waals surface area contributed by atoms with Gasteiger partial charge in [0.25, 0.3) is 0 Å². The zero-order valence-corrected chi connectivity index (χ0v) is 9.92. The van der Waals surface area contributed by atoms with Gasteiger partial charge in [0.15, 0.2) is 5.16 Å². The van der Waals surface area contributed by atoms with Crippen molar-refractivity contribution in [2.24, 2.45) is 0 Å². The van der Waals surface area contributed by atoms with Gasteiger partial charge in [-0.05, 0) is 30.3 Å². The van der Waals surface area contributed by atoms with Gasteiger partial charge < -0.3 is 9.72 Å². The molecule has 0 unspecified atom stereocenters. The third-order valence-corrected chi connectivity index (χ3v) is 2.45. The van der Waals surface area contributed by atoms with Crippen molar-refractivity contribution in [1.29, 1.82) is 0 Å². The van der Waals surface area contributed by atoms with Crippen molar-refractivity contribution in [3.63, 3.8) is 0 Å². The molecule has 2 rings (SSSR count). The number of nitrogens with one attached hydrogen (secondary N) is 1. The van der Waals surface area contributed by atoms with Crippen LogP contribution in [0.5, 0.6) is 6.01 Å². The molecule has 16 heavy (non-hydrogen) atoms. The summed E-state index contributed by atoms with van der Waals surface area (Å²) in [7, 11) is 0. The Kier molecular flexibility index (Phi) is 3.58. The summed E-state index contributed by atoms with van der Waals surface area (Å²) in [5, 5.41) is 1.23. The molecule has 0 fully saturated rings. The van der Waals surface area contributed by atoms with Crippen molar-refractivity contribution < 1.29 is 4.74 Å². The third-order valence-electron chi connectivity index (χ3n) is 1.50. The van der Waals surface area contributed by atoms with E-state index in [-0.39, 0.29) is 11.3 Å². The molecule has 0 atom stereocenters. The largest absolute Gasteiger partial charge is 0.464 e. The van der Waals surface area contributed by atoms with Gasteiger partial charge in [0, 0.05) is 12.4 Å². The van der Waals surface area contributed by atoms with Gasteiger partial charge in [-0.25, -0.2) is 4.98 Å². The van der Waals surface area contributed by atoms with Crippen LogP contribution >= 0.6 is 23.4 Å². The van der Waals surface area contributed by atoms with Crippen LogP contribution in [0.2, 0.25) is 5.28 Å². The van der Waals surface area contributed by atoms with Crippen LogP contribution in [-0.4, -0.2) is 31.5 Å². The lowest BCUT2D eigenvalue weighted by molar-refractivity contribution is 0.307. The second-order valence-electron chi connectivity index (χ2n) is 2.60. The highest BCUT2D eigenvalue weighted by Crippen LogP contribution is 2.22. The van der Waals surface area contributed by atoms with Gasteiger partial charge in [-0.15, -0.1) is 0 Å². The van der Waals surface area contributed by atoms with E-state index in [0.29, 0.717) is 16.9 Å². The number of hydrogen-bond donors (Lipinski definition) is 1. The maximum atomic E-state index is 5.74. The number of aromatic nitrogens is 5. The monoisotopic (exact) mass is 257 g/mol. The molecule has 8 heteroatoms. The van der Waals surface area contributed by atoms with Gasteiger partial charge in [0.05, 0.1) is 6.61 Å². The van der Waals surface area contributed by atoms with E-state index in [2.05, 4.69) is 24.9 Å². The molecule has 0 aromatic carbocycles. The Morgan fingerprint density at radius 2 is 2.31 bits per heavy atom. The molecule has 84 valence electrons. The van der Waals surface area contributed by atoms with Crippen molar-refractivity contribution >= 4 is 23.4 Å². The molecule has 6 nitrogen and oxygen atoms in total. The molecule has 2 aromatic rings. The van der Waals surface area contributed by atoms with E-state index in [9.17, 15) is 0 Å². The van der Waals surface area contributed by atoms with Gasteiger partial charge in [0.2, 0.25) is 10.4 Å². The number of aromatic amines is 1. The molecule has 0 saturated carbocycles. The zero-order chi connectivity index (χ0) is 11.4. The number of nitrogens with zero attached hydrogens (tertiary/aromatic N) is 4. The summed E-state index contributed by atoms with van der Waals surface area (Å²) in [5.41, 5.74) is 0. The predicted molar refractivity (Wildman–Crippen MR) is 58.7 cm³/mol. The van der Waals surface area contributed by atoms with E-state index >= 15 is 0 Å². The molecule has 0 bridgehead atoms. The maximum absolute atomic E-state index is 5.74. The molecular formula is C8H8ClN5OS. The first-order valence-electron chi connectivity index (χ1n) is 4.49. The summed E-state index contributed by atoms with van der Waals surface area (Å²) in [6.45, 7) is 2.32. The van der Waals surface area contributed by atoms with Crippen molar-refractivity contribution in [1.82, 2.24) is 24.9 Å². The van der Waals surface area contributed by atoms with E-state index in [4.69, 9.17) is 16.3 Å². The number of halogens is 1. The molecule has 0 saturated heterocycles. The molecule has 0 spiro atoms. The Labute approximate surface area is 101 Å². The van der Waals surface area contributed by atoms with Crippen LogP contribution < -0.4 is 4.74 Å². The number of imidazole rings is 1. The fourth-order valence-electron chi connectivity index (χ4n) is 0.947. The topological polar surface area (TPSA) is 76.6 Å². The smallest absolute Gasteiger partial charge is 0.321 e. The lowest BCUT2D eigenvalue weighted by Crippen LogP contribution is -2.00. The van der Waals surface area contributed by atoms with E-state index in [1.807, 2.05) is 6.92 Å². The SMILES string of the molecule is CCOc1nc(Cl)nc(Sc2ncc[nH]2)n1. The van der Waals surface area contributed by atoms with E-state index in [1.54, 1.807) is 12.4 Å². The number of ether oxygens (including phenoxy) is 1. The standard InChI is InChI=1S/C8H8ClN5OS/c1-2-15-6-12-5(9)13-8(14-6)16-7-10-3-4-11-7/h3-4H,2H2,1H3,(H,10,11). The average molecular weight is 258 g/mol. The predicted octanol–water partition coefficient (Wildman–Crippen LogP) is 1.80. The van der Waals surface area contributed by atoms with Crippen LogP contribution in [0.1, 0.15) is 6.92 Å². The fourth-order valence-corrected chi connectivity index (χ4v) is 1.82. The summed E-state index contributed by atoms with van der Waals surface area (Å²) < 4.78 is 5.16. The highest BCUT2D eigenvalue weighted by atomic mass is 35.5. The summed E-state index contributed by atoms with van der Waals surface area (Å²) in [6, 6.07) is 0.219. The summed E-state index contributed by atoms with van der Waals surface area (Å²) in [6.07, 6.45) is 3.36. The van der Waals surface area contributed by atoms with Gasteiger partial charge >= 0.3 is 6.01 Å². The Morgan fingerprint density at radius 3 is 3.00 bits per heavy atom. The van der Waals surface area contributed by atoms with Crippen LogP contribution in [0.15, 0.2) is 22.7 Å². The molecule has 0 amide bonds. The third kappa shape index (κ3) is 2.83. The van der Waals surface area contributed by atoms with Crippen molar-refractivity contribution in [2.45, 2.75) is 17.2 Å². The highest BCUT2D eigenvalue weighted by Gasteiger charge is 2.08. The first kappa shape index (κ1) is 11.2. The number of H-pyrrole nitrogens is 1. The summed E-state index contributed by atoms with van der Waals surface area (Å²) in [4.78, 5) is 18.8. The van der Waals surface area contributed by atoms with E-state index in [0.717, 1.165) is 0 Å². The lowest BCUT2D eigenvalue weighted by atomic mass is 10.9. The maximum Gasteiger partial charge on any atom is 0.321 e. The second-order valence-corrected chi connectivity index (χ2v) is 3.89. The molecule has 2 aromatic heterocycles. The lowest BCUT2D eigenvalue weighted by Gasteiger charge is -2.02. The Bertz CT molecular complexity index is 463. The van der Waals surface area contributed by atoms with Crippen LogP contribution in [0.3, 0.4) is 0 Å². The molecule has 0 aliphatic heterocycles. The molecule has 0 radical (unpaired) electrons. The second kappa shape index (κ2) is 5.13. The van der Waals surface area contributed by atoms with Crippen molar-refractivity contribution in [3.05, 3.63) is 17.7 Å². The first-order valence-corrected chi connectivity index (χ1v) is 5.69. The van der Waals surface area contributed by atoms with E-state index in [1.165, 1.54) is 11.8 Å². The van der Waals surface area contributed by atoms with Crippen LogP contribution in [0.25, 0.3) is 0 Å². The van der Waals surface area contributed by atoms with Gasteiger partial charge in [-0.3, -0.25) is 0 Å². The van der Waals surface area contributed by atoms with Gasteiger partial charge in [0.1, 0.15) is 0 Å². The van der Waals surface area contributed by atoms with Crippen LogP contribution in [-0.2, 0) is 0 Å². The van der Waals surface area contributed by atoms with Crippen molar-refractivity contribution in [2.75, 3.05) is 6.61 Å². The minimum Gasteiger partial charge on any atom is -0.464 e. The van der Waals surface area contributed by atoms with Crippen LogP contribution in [0.4, 0.5) is 0 Å². The van der Waals surface area contributed by atoms with Gasteiger partial charge in [-0.1, -0.05) is 0 Å². The molecule has 2 heterocycles. The Balaban J connectivity index is 2.20. The van der Waals surface area contributed by atoms with E-state index < -0.39 is 0 Å². The number of rotatable bonds is 4.